The normalized spacial score (nSPS) is 25.2. The number of piperidine rings is 2. The van der Waals surface area contributed by atoms with E-state index in [0.717, 1.165) is 44.1 Å². The average molecular weight is 480 g/mol. The van der Waals surface area contributed by atoms with Crippen LogP contribution in [0.25, 0.3) is 15.9 Å². The molecule has 0 N–H and O–H groups in total. The highest BCUT2D eigenvalue weighted by Crippen LogP contribution is 2.42. The SMILES string of the molecule is Cc1ccccc1C1=CN(N2CC3CC(CN(c4cnc5cc(F)c(F)cc5n4)C3)C2)C(C)S1. The molecule has 0 amide bonds. The van der Waals surface area contributed by atoms with Gasteiger partial charge in [-0.3, -0.25) is 9.99 Å². The third kappa shape index (κ3) is 3.92. The molecule has 3 aliphatic rings. The Morgan fingerprint density at radius 2 is 1.68 bits per heavy atom. The number of nitrogens with zero attached hydrogens (tertiary/aromatic N) is 5. The predicted octanol–water partition coefficient (Wildman–Crippen LogP) is 5.28. The molecule has 2 bridgehead atoms. The number of aryl methyl sites for hydroxylation is 1. The number of thioether (sulfide) groups is 1. The molecule has 2 aromatic carbocycles. The van der Waals surface area contributed by atoms with E-state index in [0.29, 0.717) is 28.2 Å². The summed E-state index contributed by atoms with van der Waals surface area (Å²) in [4.78, 5) is 12.5. The summed E-state index contributed by atoms with van der Waals surface area (Å²) >= 11 is 1.92. The minimum Gasteiger partial charge on any atom is -0.355 e. The first-order valence-electron chi connectivity index (χ1n) is 11.8. The lowest BCUT2D eigenvalue weighted by molar-refractivity contribution is -0.0441. The molecule has 0 aliphatic carbocycles. The summed E-state index contributed by atoms with van der Waals surface area (Å²) in [5, 5.41) is 5.31. The van der Waals surface area contributed by atoms with E-state index < -0.39 is 11.6 Å². The highest BCUT2D eigenvalue weighted by atomic mass is 32.2. The van der Waals surface area contributed by atoms with Gasteiger partial charge in [-0.25, -0.2) is 18.8 Å². The van der Waals surface area contributed by atoms with Crippen molar-refractivity contribution in [3.8, 4) is 0 Å². The molecule has 5 nitrogen and oxygen atoms in total. The summed E-state index contributed by atoms with van der Waals surface area (Å²) < 4.78 is 27.2. The minimum absolute atomic E-state index is 0.367. The molecule has 0 saturated carbocycles. The number of aromatic nitrogens is 2. The van der Waals surface area contributed by atoms with Crippen LogP contribution < -0.4 is 4.90 Å². The molecule has 0 spiro atoms. The lowest BCUT2D eigenvalue weighted by Crippen LogP contribution is -2.57. The molecule has 4 heterocycles. The Labute approximate surface area is 202 Å². The number of anilines is 1. The second-order valence-electron chi connectivity index (χ2n) is 9.63. The van der Waals surface area contributed by atoms with Crippen molar-refractivity contribution < 1.29 is 8.78 Å². The van der Waals surface area contributed by atoms with Crippen molar-refractivity contribution >= 4 is 33.5 Å². The van der Waals surface area contributed by atoms with E-state index in [1.165, 1.54) is 22.5 Å². The van der Waals surface area contributed by atoms with E-state index in [9.17, 15) is 8.78 Å². The zero-order valence-corrected chi connectivity index (χ0v) is 20.1. The number of halogens is 2. The number of hydrazine groups is 1. The third-order valence-corrected chi connectivity index (χ3v) is 8.25. The maximum absolute atomic E-state index is 13.7. The van der Waals surface area contributed by atoms with Crippen LogP contribution in [0.2, 0.25) is 0 Å². The standard InChI is InChI=1S/C26H27F2N5S/c1-16-5-3-4-6-20(16)25-15-33(17(2)34-25)32-13-18-7-19(14-32)12-31(11-18)26-10-29-23-8-21(27)22(28)9-24(23)30-26/h3-6,8-10,15,17-19H,7,11-14H2,1-2H3. The van der Waals surface area contributed by atoms with E-state index >= 15 is 0 Å². The number of hydrogen-bond acceptors (Lipinski definition) is 6. The lowest BCUT2D eigenvalue weighted by Gasteiger charge is -2.49. The van der Waals surface area contributed by atoms with Crippen molar-refractivity contribution in [3.05, 3.63) is 71.6 Å². The van der Waals surface area contributed by atoms with Crippen LogP contribution in [-0.2, 0) is 0 Å². The van der Waals surface area contributed by atoms with Gasteiger partial charge in [0.05, 0.1) is 22.6 Å². The summed E-state index contributed by atoms with van der Waals surface area (Å²) in [6.45, 7) is 8.22. The largest absolute Gasteiger partial charge is 0.355 e. The number of benzene rings is 2. The van der Waals surface area contributed by atoms with Gasteiger partial charge in [0.1, 0.15) is 5.82 Å². The highest BCUT2D eigenvalue weighted by Gasteiger charge is 2.38. The number of fused-ring (bicyclic) bond motifs is 3. The molecule has 2 fully saturated rings. The van der Waals surface area contributed by atoms with Crippen LogP contribution in [0.5, 0.6) is 0 Å². The van der Waals surface area contributed by atoms with Gasteiger partial charge in [0.15, 0.2) is 11.6 Å². The molecule has 176 valence electrons. The van der Waals surface area contributed by atoms with Gasteiger partial charge in [0.2, 0.25) is 0 Å². The Morgan fingerprint density at radius 1 is 0.971 bits per heavy atom. The molecule has 3 aromatic rings. The first-order valence-corrected chi connectivity index (χ1v) is 12.7. The summed E-state index contributed by atoms with van der Waals surface area (Å²) in [7, 11) is 0. The Balaban J connectivity index is 1.19. The van der Waals surface area contributed by atoms with Crippen LogP contribution in [0, 0.1) is 30.4 Å². The van der Waals surface area contributed by atoms with Gasteiger partial charge in [-0.1, -0.05) is 36.0 Å². The fourth-order valence-corrected chi connectivity index (χ4v) is 6.76. The van der Waals surface area contributed by atoms with E-state index in [1.54, 1.807) is 6.20 Å². The Bertz CT molecular complexity index is 1270. The van der Waals surface area contributed by atoms with Gasteiger partial charge in [-0.05, 0) is 43.2 Å². The topological polar surface area (TPSA) is 35.5 Å². The molecule has 1 aromatic heterocycles. The molecule has 2 saturated heterocycles. The molecule has 3 aliphatic heterocycles. The molecular formula is C26H27F2N5S. The molecular weight excluding hydrogens is 452 g/mol. The van der Waals surface area contributed by atoms with Crippen molar-refractivity contribution in [2.45, 2.75) is 25.6 Å². The fraction of sp³-hybridized carbons (Fsp3) is 0.385. The maximum Gasteiger partial charge on any atom is 0.161 e. The molecule has 3 unspecified atom stereocenters. The Morgan fingerprint density at radius 3 is 2.41 bits per heavy atom. The lowest BCUT2D eigenvalue weighted by atomic mass is 9.85. The second-order valence-corrected chi connectivity index (χ2v) is 11.0. The van der Waals surface area contributed by atoms with Crippen LogP contribution in [0.15, 0.2) is 48.8 Å². The molecule has 6 rings (SSSR count). The van der Waals surface area contributed by atoms with Crippen LogP contribution in [0.4, 0.5) is 14.6 Å². The van der Waals surface area contributed by atoms with Crippen molar-refractivity contribution in [1.82, 2.24) is 20.0 Å². The monoisotopic (exact) mass is 479 g/mol. The number of hydrogen-bond donors (Lipinski definition) is 0. The van der Waals surface area contributed by atoms with Gasteiger partial charge < -0.3 is 4.90 Å². The molecule has 0 radical (unpaired) electrons. The quantitative estimate of drug-likeness (QED) is 0.509. The van der Waals surface area contributed by atoms with Crippen molar-refractivity contribution in [2.75, 3.05) is 31.1 Å². The van der Waals surface area contributed by atoms with Crippen LogP contribution >= 0.6 is 11.8 Å². The van der Waals surface area contributed by atoms with E-state index in [2.05, 4.69) is 69.2 Å². The molecule has 34 heavy (non-hydrogen) atoms. The van der Waals surface area contributed by atoms with Gasteiger partial charge >= 0.3 is 0 Å². The second kappa shape index (κ2) is 8.50. The van der Waals surface area contributed by atoms with E-state index in [1.807, 2.05) is 11.8 Å². The van der Waals surface area contributed by atoms with E-state index in [4.69, 9.17) is 0 Å². The van der Waals surface area contributed by atoms with Crippen LogP contribution in [0.3, 0.4) is 0 Å². The third-order valence-electron chi connectivity index (χ3n) is 7.11. The molecule has 8 heteroatoms. The summed E-state index contributed by atoms with van der Waals surface area (Å²) in [6.07, 6.45) is 5.21. The van der Waals surface area contributed by atoms with E-state index in [-0.39, 0.29) is 0 Å². The van der Waals surface area contributed by atoms with Gasteiger partial charge in [0.25, 0.3) is 0 Å². The average Bonchev–Trinajstić information content (AvgIpc) is 3.20. The maximum atomic E-state index is 13.7. The van der Waals surface area contributed by atoms with Crippen molar-refractivity contribution in [2.24, 2.45) is 11.8 Å². The van der Waals surface area contributed by atoms with Crippen molar-refractivity contribution in [1.29, 1.82) is 0 Å². The predicted molar refractivity (Wildman–Crippen MR) is 133 cm³/mol. The number of rotatable bonds is 3. The molecule has 3 atom stereocenters. The highest BCUT2D eigenvalue weighted by molar-refractivity contribution is 8.09. The van der Waals surface area contributed by atoms with Crippen molar-refractivity contribution in [3.63, 3.8) is 0 Å². The summed E-state index contributed by atoms with van der Waals surface area (Å²) in [5.41, 5.74) is 3.39. The summed E-state index contributed by atoms with van der Waals surface area (Å²) in [5.74, 6) is -0.00322. The first-order chi connectivity index (χ1) is 16.4. The Hall–Kier alpha value is -2.71. The van der Waals surface area contributed by atoms with Crippen LogP contribution in [-0.4, -0.2) is 51.5 Å². The zero-order chi connectivity index (χ0) is 23.4. The van der Waals surface area contributed by atoms with Gasteiger partial charge in [-0.2, -0.15) is 0 Å². The smallest absolute Gasteiger partial charge is 0.161 e. The van der Waals surface area contributed by atoms with Crippen LogP contribution in [0.1, 0.15) is 24.5 Å². The zero-order valence-electron chi connectivity index (χ0n) is 19.3. The Kier molecular flexibility index (Phi) is 5.45. The fourth-order valence-electron chi connectivity index (χ4n) is 5.57. The first kappa shape index (κ1) is 21.8. The summed E-state index contributed by atoms with van der Waals surface area (Å²) in [6, 6.07) is 10.8. The minimum atomic E-state index is -0.893. The van der Waals surface area contributed by atoms with Gasteiger partial charge in [-0.15, -0.1) is 0 Å². The van der Waals surface area contributed by atoms with Gasteiger partial charge in [0, 0.05) is 49.4 Å².